The van der Waals surface area contributed by atoms with Crippen molar-refractivity contribution in [3.05, 3.63) is 56.5 Å². The first-order valence-electron chi connectivity index (χ1n) is 8.34. The van der Waals surface area contributed by atoms with Crippen LogP contribution in [0, 0.1) is 0 Å². The van der Waals surface area contributed by atoms with Crippen LogP contribution in [0.2, 0.25) is 20.1 Å². The maximum Gasteiger partial charge on any atom is 0.280 e. The molecule has 0 bridgehead atoms. The number of nitrogens with zero attached hydrogens (tertiary/aromatic N) is 1. The van der Waals surface area contributed by atoms with Crippen LogP contribution in [0.1, 0.15) is 20.3 Å². The second-order valence-corrected chi connectivity index (χ2v) is 7.76. The number of amides is 2. The summed E-state index contributed by atoms with van der Waals surface area (Å²) in [5, 5.41) is 8.12. The van der Waals surface area contributed by atoms with Crippen molar-refractivity contribution in [2.24, 2.45) is 5.10 Å². The average Bonchev–Trinajstić information content (AvgIpc) is 2.60. The number of benzene rings is 2. The maximum atomic E-state index is 12.1. The molecular formula is C19H17Cl4N3O3. The van der Waals surface area contributed by atoms with Crippen molar-refractivity contribution in [3.8, 4) is 5.75 Å². The first-order chi connectivity index (χ1) is 13.6. The Bertz CT molecular complexity index is 930. The van der Waals surface area contributed by atoms with Crippen molar-refractivity contribution in [2.45, 2.75) is 26.4 Å². The van der Waals surface area contributed by atoms with E-state index in [0.29, 0.717) is 32.2 Å². The van der Waals surface area contributed by atoms with Gasteiger partial charge < -0.3 is 10.1 Å². The van der Waals surface area contributed by atoms with Crippen LogP contribution in [0.4, 0.5) is 5.69 Å². The maximum absolute atomic E-state index is 12.1. The van der Waals surface area contributed by atoms with Gasteiger partial charge in [0.15, 0.2) is 6.10 Å². The minimum atomic E-state index is -0.868. The van der Waals surface area contributed by atoms with Gasteiger partial charge in [-0.3, -0.25) is 9.59 Å². The van der Waals surface area contributed by atoms with E-state index in [0.717, 1.165) is 0 Å². The molecule has 1 atom stereocenters. The van der Waals surface area contributed by atoms with E-state index in [2.05, 4.69) is 15.8 Å². The largest absolute Gasteiger partial charge is 0.479 e. The summed E-state index contributed by atoms with van der Waals surface area (Å²) in [6, 6.07) is 9.37. The van der Waals surface area contributed by atoms with Gasteiger partial charge in [0.1, 0.15) is 5.75 Å². The van der Waals surface area contributed by atoms with Gasteiger partial charge in [-0.1, -0.05) is 46.4 Å². The average molecular weight is 477 g/mol. The third-order valence-corrected chi connectivity index (χ3v) is 4.45. The Morgan fingerprint density at radius 1 is 1.03 bits per heavy atom. The van der Waals surface area contributed by atoms with Crippen LogP contribution in [0.3, 0.4) is 0 Å². The molecule has 0 aliphatic carbocycles. The number of ether oxygens (including phenoxy) is 1. The van der Waals surface area contributed by atoms with Gasteiger partial charge in [-0.25, -0.2) is 5.43 Å². The third-order valence-electron chi connectivity index (χ3n) is 3.49. The highest BCUT2D eigenvalue weighted by Crippen LogP contribution is 2.28. The van der Waals surface area contributed by atoms with Crippen LogP contribution in [0.15, 0.2) is 41.5 Å². The Morgan fingerprint density at radius 3 is 2.31 bits per heavy atom. The normalized spacial score (nSPS) is 12.3. The molecule has 2 amide bonds. The van der Waals surface area contributed by atoms with E-state index in [9.17, 15) is 9.59 Å². The first-order valence-corrected chi connectivity index (χ1v) is 9.86. The Hall–Kier alpha value is -1.99. The number of hydrogen-bond donors (Lipinski definition) is 2. The highest BCUT2D eigenvalue weighted by Gasteiger charge is 2.16. The summed E-state index contributed by atoms with van der Waals surface area (Å²) in [7, 11) is 0. The summed E-state index contributed by atoms with van der Waals surface area (Å²) >= 11 is 23.6. The van der Waals surface area contributed by atoms with Crippen LogP contribution < -0.4 is 15.5 Å². The number of hydrogen-bond acceptors (Lipinski definition) is 4. The summed E-state index contributed by atoms with van der Waals surface area (Å²) < 4.78 is 5.50. The molecule has 1 unspecified atom stereocenters. The second-order valence-electron chi connectivity index (χ2n) is 6.04. The fourth-order valence-corrected chi connectivity index (χ4v) is 3.14. The van der Waals surface area contributed by atoms with E-state index in [1.807, 2.05) is 0 Å². The number of carbonyl (C=O) groups excluding carboxylic acids is 2. The van der Waals surface area contributed by atoms with Gasteiger partial charge >= 0.3 is 0 Å². The van der Waals surface area contributed by atoms with Gasteiger partial charge in [0, 0.05) is 26.5 Å². The van der Waals surface area contributed by atoms with Crippen molar-refractivity contribution in [1.82, 2.24) is 5.43 Å². The summed E-state index contributed by atoms with van der Waals surface area (Å²) in [5.74, 6) is -0.521. The summed E-state index contributed by atoms with van der Waals surface area (Å²) in [5.41, 5.74) is 3.21. The second kappa shape index (κ2) is 10.7. The van der Waals surface area contributed by atoms with E-state index >= 15 is 0 Å². The molecule has 0 aliphatic rings. The van der Waals surface area contributed by atoms with Crippen molar-refractivity contribution in [1.29, 1.82) is 0 Å². The van der Waals surface area contributed by atoms with Gasteiger partial charge in [0.05, 0.1) is 11.4 Å². The number of rotatable bonds is 7. The topological polar surface area (TPSA) is 79.8 Å². The Balaban J connectivity index is 1.87. The van der Waals surface area contributed by atoms with Crippen molar-refractivity contribution in [3.63, 3.8) is 0 Å². The van der Waals surface area contributed by atoms with Crippen LogP contribution in [0.5, 0.6) is 5.75 Å². The Labute approximate surface area is 188 Å². The lowest BCUT2D eigenvalue weighted by molar-refractivity contribution is -0.127. The molecule has 0 saturated carbocycles. The first kappa shape index (κ1) is 23.3. The van der Waals surface area contributed by atoms with Gasteiger partial charge in [-0.15, -0.1) is 0 Å². The zero-order chi connectivity index (χ0) is 21.6. The molecule has 2 aromatic carbocycles. The lowest BCUT2D eigenvalue weighted by atomic mass is 10.2. The van der Waals surface area contributed by atoms with Crippen molar-refractivity contribution < 1.29 is 14.3 Å². The smallest absolute Gasteiger partial charge is 0.280 e. The number of anilines is 1. The van der Waals surface area contributed by atoms with Crippen molar-refractivity contribution >= 4 is 69.6 Å². The van der Waals surface area contributed by atoms with Crippen LogP contribution in [-0.2, 0) is 9.59 Å². The monoisotopic (exact) mass is 475 g/mol. The highest BCUT2D eigenvalue weighted by atomic mass is 35.5. The zero-order valence-electron chi connectivity index (χ0n) is 15.4. The molecule has 0 aliphatic heterocycles. The quantitative estimate of drug-likeness (QED) is 0.403. The van der Waals surface area contributed by atoms with E-state index in [1.54, 1.807) is 44.2 Å². The fraction of sp³-hybridized carbons (Fsp3) is 0.211. The molecule has 2 aromatic rings. The molecule has 2 N–H and O–H groups in total. The highest BCUT2D eigenvalue weighted by molar-refractivity contribution is 6.36. The summed E-state index contributed by atoms with van der Waals surface area (Å²) in [6.07, 6.45) is -0.907. The SMILES string of the molecule is CC(CC(=O)Nc1cc(Cl)cc(Cl)c1)=NNC(=O)C(C)Oc1ccc(Cl)cc1Cl. The molecule has 0 fully saturated rings. The minimum Gasteiger partial charge on any atom is -0.479 e. The molecule has 6 nitrogen and oxygen atoms in total. The van der Waals surface area contributed by atoms with Gasteiger partial charge in [0.25, 0.3) is 5.91 Å². The number of nitrogens with one attached hydrogen (secondary N) is 2. The molecule has 29 heavy (non-hydrogen) atoms. The van der Waals surface area contributed by atoms with Gasteiger partial charge in [-0.05, 0) is 50.2 Å². The van der Waals surface area contributed by atoms with Gasteiger partial charge in [0.2, 0.25) is 5.91 Å². The zero-order valence-corrected chi connectivity index (χ0v) is 18.5. The van der Waals surface area contributed by atoms with Crippen LogP contribution >= 0.6 is 46.4 Å². The molecule has 0 saturated heterocycles. The Morgan fingerprint density at radius 2 is 1.69 bits per heavy atom. The van der Waals surface area contributed by atoms with Crippen LogP contribution in [-0.4, -0.2) is 23.6 Å². The molecular weight excluding hydrogens is 460 g/mol. The number of halogens is 4. The van der Waals surface area contributed by atoms with Gasteiger partial charge in [-0.2, -0.15) is 5.10 Å². The molecule has 10 heteroatoms. The predicted molar refractivity (Wildman–Crippen MR) is 118 cm³/mol. The lowest BCUT2D eigenvalue weighted by Crippen LogP contribution is -2.34. The summed E-state index contributed by atoms with van der Waals surface area (Å²) in [4.78, 5) is 24.2. The van der Waals surface area contributed by atoms with Crippen LogP contribution in [0.25, 0.3) is 0 Å². The van der Waals surface area contributed by atoms with E-state index < -0.39 is 12.0 Å². The lowest BCUT2D eigenvalue weighted by Gasteiger charge is -2.14. The van der Waals surface area contributed by atoms with E-state index in [-0.39, 0.29) is 17.4 Å². The summed E-state index contributed by atoms with van der Waals surface area (Å²) in [6.45, 7) is 3.15. The minimum absolute atomic E-state index is 0.0390. The molecule has 0 aromatic heterocycles. The molecule has 2 rings (SSSR count). The molecule has 154 valence electrons. The van der Waals surface area contributed by atoms with E-state index in [1.165, 1.54) is 6.07 Å². The Kier molecular flexibility index (Phi) is 8.59. The fourth-order valence-electron chi connectivity index (χ4n) is 2.16. The van der Waals surface area contributed by atoms with Crippen molar-refractivity contribution in [2.75, 3.05) is 5.32 Å². The predicted octanol–water partition coefficient (Wildman–Crippen LogP) is 5.59. The molecule has 0 radical (unpaired) electrons. The molecule has 0 spiro atoms. The van der Waals surface area contributed by atoms with E-state index in [4.69, 9.17) is 51.1 Å². The number of hydrazone groups is 1. The third kappa shape index (κ3) is 7.74. The standard InChI is InChI=1S/C19H17Cl4N3O3/c1-10(5-18(27)24-15-7-13(21)6-14(22)8-15)25-26-19(28)11(2)29-17-4-3-12(20)9-16(17)23/h3-4,6-9,11H,5H2,1-2H3,(H,24,27)(H,26,28). The molecule has 0 heterocycles. The number of carbonyl (C=O) groups is 2.